The van der Waals surface area contributed by atoms with E-state index in [1.54, 1.807) is 32.8 Å². The van der Waals surface area contributed by atoms with Gasteiger partial charge in [0.25, 0.3) is 5.56 Å². The summed E-state index contributed by atoms with van der Waals surface area (Å²) in [5.41, 5.74) is 1.82. The van der Waals surface area contributed by atoms with Crippen LogP contribution in [0.1, 0.15) is 37.4 Å². The third-order valence-electron chi connectivity index (χ3n) is 3.73. The van der Waals surface area contributed by atoms with Gasteiger partial charge in [-0.1, -0.05) is 13.8 Å². The van der Waals surface area contributed by atoms with Crippen LogP contribution in [0.4, 0.5) is 17.6 Å². The highest BCUT2D eigenvalue weighted by molar-refractivity contribution is 5.78. The van der Waals surface area contributed by atoms with E-state index < -0.39 is 35.1 Å². The minimum absolute atomic E-state index is 0.0695. The molecule has 1 aromatic heterocycles. The van der Waals surface area contributed by atoms with E-state index in [4.69, 9.17) is 5.73 Å². The summed E-state index contributed by atoms with van der Waals surface area (Å²) >= 11 is 0. The molecule has 5 nitrogen and oxygen atoms in total. The third-order valence-corrected chi connectivity index (χ3v) is 3.73. The zero-order valence-electron chi connectivity index (χ0n) is 14.7. The van der Waals surface area contributed by atoms with Gasteiger partial charge in [0, 0.05) is 12.7 Å². The molecule has 0 saturated carbocycles. The fraction of sp³-hybridized carbons (Fsp3) is 0.625. The van der Waals surface area contributed by atoms with E-state index in [9.17, 15) is 27.2 Å². The van der Waals surface area contributed by atoms with E-state index in [-0.39, 0.29) is 30.9 Å². The maximum Gasteiger partial charge on any atom is 0.419 e. The number of nitrogens with two attached hydrogens (primary N) is 1. The second kappa shape index (κ2) is 7.99. The minimum Gasteiger partial charge on any atom is -0.368 e. The van der Waals surface area contributed by atoms with Crippen molar-refractivity contribution in [1.29, 1.82) is 0 Å². The van der Waals surface area contributed by atoms with Crippen LogP contribution in [0.3, 0.4) is 0 Å². The van der Waals surface area contributed by atoms with E-state index in [0.717, 1.165) is 6.20 Å². The van der Waals surface area contributed by atoms with Gasteiger partial charge in [-0.3, -0.25) is 9.59 Å². The highest BCUT2D eigenvalue weighted by atomic mass is 19.4. The molecule has 2 N–H and O–H groups in total. The zero-order valence-corrected chi connectivity index (χ0v) is 14.7. The number of likely N-dealkylation sites (N-methyl/N-ethyl adjacent to an activating group) is 1. The molecular formula is C16H23F4N3O2. The Morgan fingerprint density at radius 3 is 2.28 bits per heavy atom. The van der Waals surface area contributed by atoms with Crippen LogP contribution in [0.25, 0.3) is 0 Å². The highest BCUT2D eigenvalue weighted by Gasteiger charge is 2.39. The Labute approximate surface area is 143 Å². The van der Waals surface area contributed by atoms with Gasteiger partial charge in [0.05, 0.1) is 0 Å². The molecule has 0 aliphatic rings. The Balaban J connectivity index is 3.60. The topological polar surface area (TPSA) is 68.3 Å². The van der Waals surface area contributed by atoms with Crippen molar-refractivity contribution in [2.75, 3.05) is 20.6 Å². The number of primary amides is 1. The maximum absolute atomic E-state index is 14.3. The highest BCUT2D eigenvalue weighted by Crippen LogP contribution is 2.34. The summed E-state index contributed by atoms with van der Waals surface area (Å²) in [5, 5.41) is 0. The van der Waals surface area contributed by atoms with Crippen molar-refractivity contribution in [1.82, 2.24) is 9.47 Å². The van der Waals surface area contributed by atoms with Crippen LogP contribution in [0.2, 0.25) is 0 Å². The largest absolute Gasteiger partial charge is 0.419 e. The molecular weight excluding hydrogens is 342 g/mol. The van der Waals surface area contributed by atoms with Crippen molar-refractivity contribution in [2.24, 2.45) is 11.7 Å². The fourth-order valence-electron chi connectivity index (χ4n) is 2.54. The number of carbonyl (C=O) groups is 1. The summed E-state index contributed by atoms with van der Waals surface area (Å²) < 4.78 is 54.6. The number of nitrogens with zero attached hydrogens (tertiary/aromatic N) is 2. The number of pyridine rings is 1. The predicted octanol–water partition coefficient (Wildman–Crippen LogP) is 2.18. The van der Waals surface area contributed by atoms with Crippen LogP contribution in [-0.2, 0) is 17.4 Å². The lowest BCUT2D eigenvalue weighted by molar-refractivity contribution is -0.140. The monoisotopic (exact) mass is 365 g/mol. The smallest absolute Gasteiger partial charge is 0.368 e. The molecule has 25 heavy (non-hydrogen) atoms. The number of rotatable bonds is 7. The van der Waals surface area contributed by atoms with E-state index >= 15 is 0 Å². The van der Waals surface area contributed by atoms with Crippen LogP contribution in [0, 0.1) is 11.7 Å². The van der Waals surface area contributed by atoms with Crippen molar-refractivity contribution >= 4 is 5.91 Å². The standard InChI is InChI=1S/C16H23F4N3O2/c1-9(2)7-11(14(21)24)23-8-10(5-6-22(3)4)12(16(18,19)20)13(17)15(23)25/h8-9,11H,5-7H2,1-4H3,(H2,21,24). The van der Waals surface area contributed by atoms with Gasteiger partial charge >= 0.3 is 6.18 Å². The van der Waals surface area contributed by atoms with Crippen molar-refractivity contribution in [3.05, 3.63) is 33.5 Å². The SMILES string of the molecule is CC(C)CC(C(N)=O)n1cc(CCN(C)C)c(C(F)(F)F)c(F)c1=O. The summed E-state index contributed by atoms with van der Waals surface area (Å²) in [7, 11) is 3.31. The first-order chi connectivity index (χ1) is 11.4. The quantitative estimate of drug-likeness (QED) is 0.753. The van der Waals surface area contributed by atoms with Gasteiger partial charge < -0.3 is 15.2 Å². The predicted molar refractivity (Wildman–Crippen MR) is 85.6 cm³/mol. The molecule has 142 valence electrons. The Bertz CT molecular complexity index is 681. The number of aromatic nitrogens is 1. The van der Waals surface area contributed by atoms with Gasteiger partial charge in [-0.25, -0.2) is 4.39 Å². The molecule has 1 aromatic rings. The van der Waals surface area contributed by atoms with Gasteiger partial charge in [-0.15, -0.1) is 0 Å². The molecule has 1 rings (SSSR count). The summed E-state index contributed by atoms with van der Waals surface area (Å²) in [6.07, 6.45) is -4.11. The van der Waals surface area contributed by atoms with E-state index in [1.165, 1.54) is 0 Å². The molecule has 0 fully saturated rings. The number of carbonyl (C=O) groups excluding carboxylic acids is 1. The zero-order chi connectivity index (χ0) is 19.5. The van der Waals surface area contributed by atoms with E-state index in [2.05, 4.69) is 0 Å². The van der Waals surface area contributed by atoms with Crippen LogP contribution in [0.5, 0.6) is 0 Å². The molecule has 1 heterocycles. The lowest BCUT2D eigenvalue weighted by Gasteiger charge is -2.22. The first-order valence-corrected chi connectivity index (χ1v) is 7.81. The molecule has 0 aromatic carbocycles. The van der Waals surface area contributed by atoms with Crippen LogP contribution >= 0.6 is 0 Å². The van der Waals surface area contributed by atoms with Crippen molar-refractivity contribution in [2.45, 2.75) is 38.9 Å². The molecule has 0 saturated heterocycles. The minimum atomic E-state index is -5.01. The first-order valence-electron chi connectivity index (χ1n) is 7.81. The number of alkyl halides is 3. The molecule has 0 aliphatic heterocycles. The number of amides is 1. The second-order valence-electron chi connectivity index (χ2n) is 6.65. The average molecular weight is 365 g/mol. The molecule has 9 heteroatoms. The summed E-state index contributed by atoms with van der Waals surface area (Å²) in [4.78, 5) is 25.4. The summed E-state index contributed by atoms with van der Waals surface area (Å²) in [5.74, 6) is -2.87. The maximum atomic E-state index is 14.3. The molecule has 0 spiro atoms. The Hall–Kier alpha value is -1.90. The Morgan fingerprint density at radius 1 is 1.32 bits per heavy atom. The van der Waals surface area contributed by atoms with Gasteiger partial charge in [-0.05, 0) is 38.4 Å². The molecule has 1 amide bonds. The molecule has 0 radical (unpaired) electrons. The molecule has 1 unspecified atom stereocenters. The van der Waals surface area contributed by atoms with Crippen molar-refractivity contribution in [3.63, 3.8) is 0 Å². The number of hydrogen-bond acceptors (Lipinski definition) is 3. The Morgan fingerprint density at radius 2 is 1.88 bits per heavy atom. The third kappa shape index (κ3) is 5.29. The van der Waals surface area contributed by atoms with Gasteiger partial charge in [0.2, 0.25) is 11.7 Å². The van der Waals surface area contributed by atoms with Gasteiger partial charge in [0.15, 0.2) is 0 Å². The van der Waals surface area contributed by atoms with E-state index in [1.807, 2.05) is 0 Å². The first kappa shape index (κ1) is 21.1. The van der Waals surface area contributed by atoms with Crippen LogP contribution in [0.15, 0.2) is 11.0 Å². The van der Waals surface area contributed by atoms with Crippen molar-refractivity contribution in [3.8, 4) is 0 Å². The lowest BCUT2D eigenvalue weighted by atomic mass is 10.0. The van der Waals surface area contributed by atoms with Crippen molar-refractivity contribution < 1.29 is 22.4 Å². The summed E-state index contributed by atoms with van der Waals surface area (Å²) in [6.45, 7) is 3.73. The normalized spacial score (nSPS) is 13.5. The van der Waals surface area contributed by atoms with E-state index in [0.29, 0.717) is 4.57 Å². The lowest BCUT2D eigenvalue weighted by Crippen LogP contribution is -2.38. The second-order valence-corrected chi connectivity index (χ2v) is 6.65. The molecule has 0 bridgehead atoms. The van der Waals surface area contributed by atoms with Crippen LogP contribution in [-0.4, -0.2) is 36.0 Å². The number of halogens is 4. The van der Waals surface area contributed by atoms with Gasteiger partial charge in [0.1, 0.15) is 11.6 Å². The summed E-state index contributed by atoms with van der Waals surface area (Å²) in [6, 6.07) is -1.21. The number of hydrogen-bond donors (Lipinski definition) is 1. The molecule has 0 aliphatic carbocycles. The Kier molecular flexibility index (Phi) is 6.75. The van der Waals surface area contributed by atoms with Crippen LogP contribution < -0.4 is 11.3 Å². The molecule has 1 atom stereocenters. The van der Waals surface area contributed by atoms with Gasteiger partial charge in [-0.2, -0.15) is 13.2 Å². The fourth-order valence-corrected chi connectivity index (χ4v) is 2.54. The average Bonchev–Trinajstić information content (AvgIpc) is 2.44.